The summed E-state index contributed by atoms with van der Waals surface area (Å²) in [6.07, 6.45) is 2.43. The Kier molecular flexibility index (Phi) is 2.46. The molecule has 2 N–H and O–H groups in total. The lowest BCUT2D eigenvalue weighted by Crippen LogP contribution is -1.99. The Balaban J connectivity index is 1.85. The van der Waals surface area contributed by atoms with Crippen molar-refractivity contribution in [3.63, 3.8) is 0 Å². The maximum Gasteiger partial charge on any atom is 0.161 e. The zero-order chi connectivity index (χ0) is 13.5. The van der Waals surface area contributed by atoms with E-state index in [0.717, 1.165) is 17.1 Å². The Morgan fingerprint density at radius 1 is 0.900 bits per heavy atom. The Bertz CT molecular complexity index is 791. The molecule has 98 valence electrons. The van der Waals surface area contributed by atoms with Gasteiger partial charge in [0.15, 0.2) is 5.82 Å². The van der Waals surface area contributed by atoms with Crippen molar-refractivity contribution in [1.29, 1.82) is 0 Å². The summed E-state index contributed by atoms with van der Waals surface area (Å²) in [5, 5.41) is 2.42. The largest absolute Gasteiger partial charge is 0.384 e. The van der Waals surface area contributed by atoms with E-state index in [0.29, 0.717) is 11.7 Å². The number of benzene rings is 2. The topological polar surface area (TPSA) is 51.8 Å². The predicted octanol–water partition coefficient (Wildman–Crippen LogP) is 3.76. The number of rotatable bonds is 2. The van der Waals surface area contributed by atoms with Gasteiger partial charge in [-0.15, -0.1) is 0 Å². The normalized spacial score (nSPS) is 14.6. The lowest BCUT2D eigenvalue weighted by molar-refractivity contribution is 0.998. The van der Waals surface area contributed by atoms with Crippen LogP contribution in [0.4, 0.5) is 5.82 Å². The standard InChI is InChI=1S/C17H15N3/c18-16-10-15(12-6-7-12)19-17(20-16)14-8-5-11-3-1-2-4-13(11)9-14/h1-5,8-10,12H,6-7H2,(H2,18,19,20). The number of hydrogen-bond donors (Lipinski definition) is 1. The SMILES string of the molecule is Nc1cc(C2CC2)nc(-c2ccc3ccccc3c2)n1. The maximum absolute atomic E-state index is 5.92. The molecule has 4 rings (SSSR count). The van der Waals surface area contributed by atoms with Crippen LogP contribution in [0.15, 0.2) is 48.5 Å². The first-order valence-corrected chi connectivity index (χ1v) is 6.93. The monoisotopic (exact) mass is 261 g/mol. The third-order valence-corrected chi connectivity index (χ3v) is 3.77. The summed E-state index contributed by atoms with van der Waals surface area (Å²) in [7, 11) is 0. The molecule has 2 aromatic carbocycles. The van der Waals surface area contributed by atoms with Crippen LogP contribution in [0.2, 0.25) is 0 Å². The van der Waals surface area contributed by atoms with Crippen LogP contribution in [0.25, 0.3) is 22.2 Å². The molecule has 0 spiro atoms. The smallest absolute Gasteiger partial charge is 0.161 e. The summed E-state index contributed by atoms with van der Waals surface area (Å²) < 4.78 is 0. The van der Waals surface area contributed by atoms with Crippen LogP contribution in [-0.2, 0) is 0 Å². The van der Waals surface area contributed by atoms with Crippen molar-refractivity contribution in [1.82, 2.24) is 9.97 Å². The molecule has 3 heteroatoms. The first-order chi connectivity index (χ1) is 9.79. The molecule has 1 fully saturated rings. The average Bonchev–Trinajstić information content (AvgIpc) is 3.31. The summed E-state index contributed by atoms with van der Waals surface area (Å²) >= 11 is 0. The van der Waals surface area contributed by atoms with Crippen molar-refractivity contribution in [2.24, 2.45) is 0 Å². The molecule has 3 nitrogen and oxygen atoms in total. The minimum atomic E-state index is 0.560. The Labute approximate surface area is 117 Å². The van der Waals surface area contributed by atoms with Crippen molar-refractivity contribution in [2.45, 2.75) is 18.8 Å². The quantitative estimate of drug-likeness (QED) is 0.764. The lowest BCUT2D eigenvalue weighted by Gasteiger charge is -2.06. The lowest BCUT2D eigenvalue weighted by atomic mass is 10.1. The molecule has 0 aliphatic heterocycles. The van der Waals surface area contributed by atoms with E-state index in [1.807, 2.05) is 18.2 Å². The van der Waals surface area contributed by atoms with Crippen LogP contribution in [-0.4, -0.2) is 9.97 Å². The maximum atomic E-state index is 5.92. The number of nitrogens with zero attached hydrogens (tertiary/aromatic N) is 2. The molecule has 20 heavy (non-hydrogen) atoms. The molecular weight excluding hydrogens is 246 g/mol. The molecule has 0 amide bonds. The summed E-state index contributed by atoms with van der Waals surface area (Å²) in [4.78, 5) is 9.07. The van der Waals surface area contributed by atoms with Gasteiger partial charge < -0.3 is 5.73 Å². The van der Waals surface area contributed by atoms with Gasteiger partial charge in [0, 0.05) is 23.2 Å². The van der Waals surface area contributed by atoms with Crippen LogP contribution in [0.1, 0.15) is 24.5 Å². The number of aromatic nitrogens is 2. The van der Waals surface area contributed by atoms with Gasteiger partial charge >= 0.3 is 0 Å². The molecule has 1 aromatic heterocycles. The van der Waals surface area contributed by atoms with Crippen LogP contribution < -0.4 is 5.73 Å². The second-order valence-corrected chi connectivity index (χ2v) is 5.38. The van der Waals surface area contributed by atoms with Crippen LogP contribution in [0.3, 0.4) is 0 Å². The fourth-order valence-corrected chi connectivity index (χ4v) is 2.53. The fourth-order valence-electron chi connectivity index (χ4n) is 2.53. The van der Waals surface area contributed by atoms with Crippen molar-refractivity contribution < 1.29 is 0 Å². The van der Waals surface area contributed by atoms with Crippen LogP contribution >= 0.6 is 0 Å². The summed E-state index contributed by atoms with van der Waals surface area (Å²) in [5.41, 5.74) is 8.03. The predicted molar refractivity (Wildman–Crippen MR) is 81.4 cm³/mol. The number of fused-ring (bicyclic) bond motifs is 1. The van der Waals surface area contributed by atoms with E-state index in [1.165, 1.54) is 23.6 Å². The minimum Gasteiger partial charge on any atom is -0.384 e. The van der Waals surface area contributed by atoms with Gasteiger partial charge in [-0.1, -0.05) is 36.4 Å². The third kappa shape index (κ3) is 2.01. The first kappa shape index (κ1) is 11.4. The second kappa shape index (κ2) is 4.30. The van der Waals surface area contributed by atoms with Gasteiger partial charge in [-0.3, -0.25) is 0 Å². The van der Waals surface area contributed by atoms with Crippen molar-refractivity contribution >= 4 is 16.6 Å². The molecule has 1 aliphatic carbocycles. The number of nitrogen functional groups attached to an aromatic ring is 1. The average molecular weight is 261 g/mol. The molecule has 0 unspecified atom stereocenters. The van der Waals surface area contributed by atoms with Gasteiger partial charge in [0.1, 0.15) is 5.82 Å². The molecule has 0 atom stereocenters. The van der Waals surface area contributed by atoms with Crippen LogP contribution in [0, 0.1) is 0 Å². The molecule has 3 aromatic rings. The molecular formula is C17H15N3. The summed E-state index contributed by atoms with van der Waals surface area (Å²) in [6.45, 7) is 0. The first-order valence-electron chi connectivity index (χ1n) is 6.93. The Hall–Kier alpha value is -2.42. The van der Waals surface area contributed by atoms with E-state index in [1.54, 1.807) is 0 Å². The van der Waals surface area contributed by atoms with Crippen molar-refractivity contribution in [2.75, 3.05) is 5.73 Å². The molecule has 0 radical (unpaired) electrons. The third-order valence-electron chi connectivity index (χ3n) is 3.77. The highest BCUT2D eigenvalue weighted by Crippen LogP contribution is 2.40. The van der Waals surface area contributed by atoms with Crippen molar-refractivity contribution in [3.8, 4) is 11.4 Å². The van der Waals surface area contributed by atoms with Gasteiger partial charge in [-0.25, -0.2) is 9.97 Å². The van der Waals surface area contributed by atoms with Gasteiger partial charge in [0.25, 0.3) is 0 Å². The zero-order valence-electron chi connectivity index (χ0n) is 11.1. The summed E-state index contributed by atoms with van der Waals surface area (Å²) in [6, 6.07) is 16.5. The molecule has 1 saturated carbocycles. The number of nitrogens with two attached hydrogens (primary N) is 1. The van der Waals surface area contributed by atoms with Gasteiger partial charge in [-0.05, 0) is 29.7 Å². The zero-order valence-corrected chi connectivity index (χ0v) is 11.1. The van der Waals surface area contributed by atoms with E-state index in [-0.39, 0.29) is 0 Å². The summed E-state index contributed by atoms with van der Waals surface area (Å²) in [5.74, 6) is 1.88. The van der Waals surface area contributed by atoms with Gasteiger partial charge in [-0.2, -0.15) is 0 Å². The number of anilines is 1. The van der Waals surface area contributed by atoms with E-state index in [9.17, 15) is 0 Å². The molecule has 1 heterocycles. The van der Waals surface area contributed by atoms with E-state index in [4.69, 9.17) is 5.73 Å². The highest BCUT2D eigenvalue weighted by molar-refractivity contribution is 5.86. The number of hydrogen-bond acceptors (Lipinski definition) is 3. The van der Waals surface area contributed by atoms with Crippen molar-refractivity contribution in [3.05, 3.63) is 54.2 Å². The van der Waals surface area contributed by atoms with Gasteiger partial charge in [0.2, 0.25) is 0 Å². The van der Waals surface area contributed by atoms with Crippen LogP contribution in [0.5, 0.6) is 0 Å². The molecule has 0 bridgehead atoms. The highest BCUT2D eigenvalue weighted by atomic mass is 15.0. The Morgan fingerprint density at radius 2 is 1.70 bits per heavy atom. The van der Waals surface area contributed by atoms with E-state index in [2.05, 4.69) is 40.3 Å². The fraction of sp³-hybridized carbons (Fsp3) is 0.176. The van der Waals surface area contributed by atoms with Gasteiger partial charge in [0.05, 0.1) is 0 Å². The van der Waals surface area contributed by atoms with E-state index >= 15 is 0 Å². The minimum absolute atomic E-state index is 0.560. The Morgan fingerprint density at radius 3 is 2.50 bits per heavy atom. The second-order valence-electron chi connectivity index (χ2n) is 5.38. The van der Waals surface area contributed by atoms with E-state index < -0.39 is 0 Å². The molecule has 1 aliphatic rings. The molecule has 0 saturated heterocycles. The highest BCUT2D eigenvalue weighted by Gasteiger charge is 2.26.